The van der Waals surface area contributed by atoms with Crippen molar-refractivity contribution in [2.75, 3.05) is 13.6 Å². The quantitative estimate of drug-likeness (QED) is 0.815. The molecule has 0 saturated carbocycles. The fraction of sp³-hybridized carbons (Fsp3) is 0.647. The van der Waals surface area contributed by atoms with Crippen LogP contribution in [-0.4, -0.2) is 24.0 Å². The molecule has 0 aliphatic carbocycles. The number of hydrogen-bond acceptors (Lipinski definition) is 2. The molecule has 2 N–H and O–H groups in total. The van der Waals surface area contributed by atoms with Crippen LogP contribution >= 0.6 is 0 Å². The van der Waals surface area contributed by atoms with Crippen molar-refractivity contribution in [3.05, 3.63) is 35.4 Å². The van der Waals surface area contributed by atoms with E-state index in [2.05, 4.69) is 63.9 Å². The summed E-state index contributed by atoms with van der Waals surface area (Å²) in [5.74, 6) is 0.719. The highest BCUT2D eigenvalue weighted by Crippen LogP contribution is 2.19. The van der Waals surface area contributed by atoms with E-state index >= 15 is 0 Å². The van der Waals surface area contributed by atoms with E-state index in [-0.39, 0.29) is 5.54 Å². The van der Waals surface area contributed by atoms with Crippen LogP contribution < -0.4 is 5.73 Å². The largest absolute Gasteiger partial charge is 0.330 e. The number of benzene rings is 1. The molecule has 19 heavy (non-hydrogen) atoms. The first-order chi connectivity index (χ1) is 8.85. The maximum atomic E-state index is 5.69. The Morgan fingerprint density at radius 1 is 1.11 bits per heavy atom. The fourth-order valence-electron chi connectivity index (χ4n) is 2.28. The average Bonchev–Trinajstić information content (AvgIpc) is 2.30. The van der Waals surface area contributed by atoms with Crippen LogP contribution in [0.4, 0.5) is 0 Å². The average molecular weight is 262 g/mol. The number of nitrogens with zero attached hydrogens (tertiary/aromatic N) is 1. The summed E-state index contributed by atoms with van der Waals surface area (Å²) in [6, 6.07) is 9.04. The minimum absolute atomic E-state index is 0.158. The topological polar surface area (TPSA) is 29.3 Å². The first kappa shape index (κ1) is 16.2. The summed E-state index contributed by atoms with van der Waals surface area (Å²) in [4.78, 5) is 2.39. The lowest BCUT2D eigenvalue weighted by Gasteiger charge is -2.35. The van der Waals surface area contributed by atoms with Crippen LogP contribution in [0.25, 0.3) is 0 Å². The predicted molar refractivity (Wildman–Crippen MR) is 84.2 cm³/mol. The van der Waals surface area contributed by atoms with Crippen molar-refractivity contribution in [2.24, 2.45) is 11.7 Å². The van der Waals surface area contributed by atoms with Crippen molar-refractivity contribution in [1.29, 1.82) is 0 Å². The maximum Gasteiger partial charge on any atom is 0.0236 e. The second kappa shape index (κ2) is 7.06. The van der Waals surface area contributed by atoms with Crippen LogP contribution in [0.1, 0.15) is 45.2 Å². The van der Waals surface area contributed by atoms with Gasteiger partial charge in [-0.25, -0.2) is 0 Å². The van der Waals surface area contributed by atoms with E-state index in [9.17, 15) is 0 Å². The second-order valence-corrected chi connectivity index (χ2v) is 6.62. The Kier molecular flexibility index (Phi) is 6.02. The molecular weight excluding hydrogens is 232 g/mol. The third-order valence-electron chi connectivity index (χ3n) is 3.88. The van der Waals surface area contributed by atoms with Crippen LogP contribution in [0.15, 0.2) is 24.3 Å². The zero-order valence-electron chi connectivity index (χ0n) is 13.2. The summed E-state index contributed by atoms with van der Waals surface area (Å²) in [7, 11) is 2.18. The minimum atomic E-state index is 0.158. The van der Waals surface area contributed by atoms with Gasteiger partial charge in [0, 0.05) is 12.1 Å². The van der Waals surface area contributed by atoms with Gasteiger partial charge in [-0.15, -0.1) is 0 Å². The van der Waals surface area contributed by atoms with Gasteiger partial charge in [0.05, 0.1) is 0 Å². The normalized spacial score (nSPS) is 12.4. The van der Waals surface area contributed by atoms with Gasteiger partial charge in [0.15, 0.2) is 0 Å². The summed E-state index contributed by atoms with van der Waals surface area (Å²) in [5, 5.41) is 0. The van der Waals surface area contributed by atoms with Crippen LogP contribution in [0.2, 0.25) is 0 Å². The molecule has 0 saturated heterocycles. The summed E-state index contributed by atoms with van der Waals surface area (Å²) < 4.78 is 0. The molecule has 0 amide bonds. The van der Waals surface area contributed by atoms with Gasteiger partial charge < -0.3 is 5.73 Å². The van der Waals surface area contributed by atoms with Crippen molar-refractivity contribution >= 4 is 0 Å². The molecule has 0 fully saturated rings. The molecule has 0 atom stereocenters. The van der Waals surface area contributed by atoms with E-state index in [0.717, 1.165) is 31.8 Å². The van der Waals surface area contributed by atoms with E-state index < -0.39 is 0 Å². The van der Waals surface area contributed by atoms with Crippen LogP contribution in [0.5, 0.6) is 0 Å². The van der Waals surface area contributed by atoms with Gasteiger partial charge >= 0.3 is 0 Å². The predicted octanol–water partition coefficient (Wildman–Crippen LogP) is 3.44. The fourth-order valence-corrected chi connectivity index (χ4v) is 2.28. The first-order valence-corrected chi connectivity index (χ1v) is 7.34. The molecule has 0 spiro atoms. The molecule has 0 aromatic heterocycles. The molecule has 108 valence electrons. The molecule has 0 radical (unpaired) electrons. The smallest absolute Gasteiger partial charge is 0.0236 e. The van der Waals surface area contributed by atoms with Crippen molar-refractivity contribution in [1.82, 2.24) is 4.90 Å². The lowest BCUT2D eigenvalue weighted by atomic mass is 9.97. The summed E-state index contributed by atoms with van der Waals surface area (Å²) in [6.07, 6.45) is 2.18. The molecule has 1 aromatic rings. The molecule has 0 unspecified atom stereocenters. The van der Waals surface area contributed by atoms with Crippen molar-refractivity contribution < 1.29 is 0 Å². The van der Waals surface area contributed by atoms with Gasteiger partial charge in [0.1, 0.15) is 0 Å². The summed E-state index contributed by atoms with van der Waals surface area (Å²) in [6.45, 7) is 10.8. The highest BCUT2D eigenvalue weighted by Gasteiger charge is 2.22. The van der Waals surface area contributed by atoms with Gasteiger partial charge in [-0.3, -0.25) is 4.90 Å². The van der Waals surface area contributed by atoms with E-state index in [1.54, 1.807) is 0 Å². The Morgan fingerprint density at radius 2 is 1.63 bits per heavy atom. The Morgan fingerprint density at radius 3 is 2.11 bits per heavy atom. The standard InChI is InChI=1S/C17H30N2/c1-14(2)12-15-6-8-16(9-7-15)13-19(5)17(3,4)10-11-18/h6-9,14H,10-13,18H2,1-5H3. The van der Waals surface area contributed by atoms with Crippen LogP contribution in [0.3, 0.4) is 0 Å². The Labute approximate surface area is 119 Å². The van der Waals surface area contributed by atoms with Gasteiger partial charge in [-0.2, -0.15) is 0 Å². The Balaban J connectivity index is 2.62. The summed E-state index contributed by atoms with van der Waals surface area (Å²) in [5.41, 5.74) is 8.65. The molecule has 0 aliphatic heterocycles. The maximum absolute atomic E-state index is 5.69. The molecular formula is C17H30N2. The van der Waals surface area contributed by atoms with E-state index in [1.165, 1.54) is 11.1 Å². The zero-order chi connectivity index (χ0) is 14.5. The SMILES string of the molecule is CC(C)Cc1ccc(CN(C)C(C)(C)CCN)cc1. The molecule has 0 aliphatic rings. The Hall–Kier alpha value is -0.860. The third-order valence-corrected chi connectivity index (χ3v) is 3.88. The Bertz CT molecular complexity index is 365. The zero-order valence-corrected chi connectivity index (χ0v) is 13.2. The van der Waals surface area contributed by atoms with Crippen molar-refractivity contribution in [3.8, 4) is 0 Å². The van der Waals surface area contributed by atoms with Gasteiger partial charge in [0.25, 0.3) is 0 Å². The van der Waals surface area contributed by atoms with Crippen molar-refractivity contribution in [2.45, 2.75) is 52.6 Å². The van der Waals surface area contributed by atoms with Crippen molar-refractivity contribution in [3.63, 3.8) is 0 Å². The van der Waals surface area contributed by atoms with E-state index in [1.807, 2.05) is 0 Å². The minimum Gasteiger partial charge on any atom is -0.330 e. The molecule has 1 rings (SSSR count). The van der Waals surface area contributed by atoms with E-state index in [4.69, 9.17) is 5.73 Å². The van der Waals surface area contributed by atoms with Gasteiger partial charge in [-0.1, -0.05) is 38.1 Å². The second-order valence-electron chi connectivity index (χ2n) is 6.62. The highest BCUT2D eigenvalue weighted by atomic mass is 15.2. The molecule has 0 heterocycles. The van der Waals surface area contributed by atoms with Crippen LogP contribution in [0, 0.1) is 5.92 Å². The lowest BCUT2D eigenvalue weighted by Crippen LogP contribution is -2.42. The van der Waals surface area contributed by atoms with Gasteiger partial charge in [-0.05, 0) is 57.3 Å². The highest BCUT2D eigenvalue weighted by molar-refractivity contribution is 5.23. The lowest BCUT2D eigenvalue weighted by molar-refractivity contribution is 0.140. The monoisotopic (exact) mass is 262 g/mol. The summed E-state index contributed by atoms with van der Waals surface area (Å²) >= 11 is 0. The third kappa shape index (κ3) is 5.33. The molecule has 1 aromatic carbocycles. The van der Waals surface area contributed by atoms with Gasteiger partial charge in [0.2, 0.25) is 0 Å². The first-order valence-electron chi connectivity index (χ1n) is 7.34. The number of rotatable bonds is 7. The number of hydrogen-bond donors (Lipinski definition) is 1. The molecule has 2 heteroatoms. The van der Waals surface area contributed by atoms with E-state index in [0.29, 0.717) is 0 Å². The molecule has 2 nitrogen and oxygen atoms in total. The molecule has 0 bridgehead atoms. The number of nitrogens with two attached hydrogens (primary N) is 1. The van der Waals surface area contributed by atoms with Crippen LogP contribution in [-0.2, 0) is 13.0 Å².